The third-order valence-corrected chi connectivity index (χ3v) is 5.58. The highest BCUT2D eigenvalue weighted by Gasteiger charge is 2.16. The number of aromatic amines is 1. The topological polar surface area (TPSA) is 66.5 Å². The molecule has 28 heavy (non-hydrogen) atoms. The standard InChI is InChI=1S/C22H20ClN5/c23-16-7-5-14(6-8-16)15-11-18-19(13-26-21(18)25-12-15)20-9-10-24-22(28-20)27-17-3-1-2-4-17/h5-13,17H,1-4H2,(H,25,26)(H,24,27,28). The van der Waals surface area contributed by atoms with E-state index in [4.69, 9.17) is 16.6 Å². The molecule has 0 saturated heterocycles. The highest BCUT2D eigenvalue weighted by Crippen LogP contribution is 2.31. The molecule has 6 heteroatoms. The number of rotatable bonds is 4. The monoisotopic (exact) mass is 389 g/mol. The summed E-state index contributed by atoms with van der Waals surface area (Å²) in [5, 5.41) is 5.24. The van der Waals surface area contributed by atoms with Crippen LogP contribution in [0.15, 0.2) is 55.0 Å². The normalized spacial score (nSPS) is 14.6. The van der Waals surface area contributed by atoms with E-state index in [1.165, 1.54) is 25.7 Å². The van der Waals surface area contributed by atoms with Crippen LogP contribution in [0.1, 0.15) is 25.7 Å². The number of nitrogens with one attached hydrogen (secondary N) is 2. The van der Waals surface area contributed by atoms with E-state index in [0.717, 1.165) is 38.4 Å². The van der Waals surface area contributed by atoms with Gasteiger partial charge in [0.1, 0.15) is 5.65 Å². The van der Waals surface area contributed by atoms with E-state index >= 15 is 0 Å². The number of anilines is 1. The lowest BCUT2D eigenvalue weighted by molar-refractivity contribution is 0.744. The van der Waals surface area contributed by atoms with Crippen molar-refractivity contribution in [1.82, 2.24) is 19.9 Å². The molecule has 0 radical (unpaired) electrons. The molecule has 5 rings (SSSR count). The van der Waals surface area contributed by atoms with Crippen LogP contribution >= 0.6 is 11.6 Å². The maximum Gasteiger partial charge on any atom is 0.223 e. The Labute approximate surface area is 168 Å². The first-order chi connectivity index (χ1) is 13.8. The minimum absolute atomic E-state index is 0.483. The molecule has 3 heterocycles. The van der Waals surface area contributed by atoms with Gasteiger partial charge < -0.3 is 10.3 Å². The molecule has 0 bridgehead atoms. The third-order valence-electron chi connectivity index (χ3n) is 5.33. The second kappa shape index (κ2) is 7.24. The molecule has 5 nitrogen and oxygen atoms in total. The molecule has 1 saturated carbocycles. The van der Waals surface area contributed by atoms with Crippen molar-refractivity contribution < 1.29 is 0 Å². The van der Waals surface area contributed by atoms with Gasteiger partial charge in [0.2, 0.25) is 5.95 Å². The van der Waals surface area contributed by atoms with E-state index in [1.807, 2.05) is 48.9 Å². The molecular formula is C22H20ClN5. The van der Waals surface area contributed by atoms with Crippen molar-refractivity contribution in [3.8, 4) is 22.4 Å². The fraction of sp³-hybridized carbons (Fsp3) is 0.227. The van der Waals surface area contributed by atoms with Gasteiger partial charge in [0.05, 0.1) is 5.69 Å². The lowest BCUT2D eigenvalue weighted by atomic mass is 10.0. The third kappa shape index (κ3) is 3.34. The van der Waals surface area contributed by atoms with E-state index in [2.05, 4.69) is 26.3 Å². The predicted octanol–water partition coefficient (Wildman–Crippen LogP) is 5.69. The average Bonchev–Trinajstić information content (AvgIpc) is 3.38. The van der Waals surface area contributed by atoms with Crippen molar-refractivity contribution in [2.45, 2.75) is 31.7 Å². The van der Waals surface area contributed by atoms with Crippen LogP contribution in [-0.4, -0.2) is 26.0 Å². The zero-order chi connectivity index (χ0) is 18.9. The molecule has 0 atom stereocenters. The van der Waals surface area contributed by atoms with Gasteiger partial charge in [-0.05, 0) is 42.7 Å². The van der Waals surface area contributed by atoms with E-state index in [9.17, 15) is 0 Å². The van der Waals surface area contributed by atoms with Crippen LogP contribution in [0.2, 0.25) is 5.02 Å². The number of nitrogens with zero attached hydrogens (tertiary/aromatic N) is 3. The summed E-state index contributed by atoms with van der Waals surface area (Å²) in [7, 11) is 0. The number of aromatic nitrogens is 4. The molecule has 140 valence electrons. The minimum atomic E-state index is 0.483. The molecular weight excluding hydrogens is 370 g/mol. The van der Waals surface area contributed by atoms with Crippen LogP contribution in [0.3, 0.4) is 0 Å². The molecule has 0 aliphatic heterocycles. The van der Waals surface area contributed by atoms with E-state index in [-0.39, 0.29) is 0 Å². The second-order valence-electron chi connectivity index (χ2n) is 7.22. The van der Waals surface area contributed by atoms with Gasteiger partial charge >= 0.3 is 0 Å². The number of halogens is 1. The number of hydrogen-bond donors (Lipinski definition) is 2. The number of benzene rings is 1. The van der Waals surface area contributed by atoms with E-state index in [1.54, 1.807) is 0 Å². The number of H-pyrrole nitrogens is 1. The summed E-state index contributed by atoms with van der Waals surface area (Å²) in [5.41, 5.74) is 4.88. The summed E-state index contributed by atoms with van der Waals surface area (Å²) >= 11 is 6.02. The Bertz CT molecular complexity index is 1110. The molecule has 1 fully saturated rings. The zero-order valence-corrected chi connectivity index (χ0v) is 16.1. The Hall–Kier alpha value is -2.92. The van der Waals surface area contributed by atoms with Crippen LogP contribution < -0.4 is 5.32 Å². The Kier molecular flexibility index (Phi) is 4.45. The van der Waals surface area contributed by atoms with Gasteiger partial charge in [0, 0.05) is 46.2 Å². The first-order valence-corrected chi connectivity index (χ1v) is 9.97. The molecule has 0 spiro atoms. The van der Waals surface area contributed by atoms with Gasteiger partial charge in [0.25, 0.3) is 0 Å². The smallest absolute Gasteiger partial charge is 0.223 e. The number of pyridine rings is 1. The van der Waals surface area contributed by atoms with Crippen molar-refractivity contribution in [3.05, 3.63) is 60.0 Å². The van der Waals surface area contributed by atoms with Crippen molar-refractivity contribution in [1.29, 1.82) is 0 Å². The number of fused-ring (bicyclic) bond motifs is 1. The van der Waals surface area contributed by atoms with Crippen LogP contribution in [0, 0.1) is 0 Å². The molecule has 1 aliphatic rings. The molecule has 1 aromatic carbocycles. The summed E-state index contributed by atoms with van der Waals surface area (Å²) in [4.78, 5) is 17.0. The highest BCUT2D eigenvalue weighted by atomic mass is 35.5. The molecule has 1 aliphatic carbocycles. The summed E-state index contributed by atoms with van der Waals surface area (Å²) in [6.07, 6.45) is 10.6. The molecule has 0 unspecified atom stereocenters. The van der Waals surface area contributed by atoms with Gasteiger partial charge in [-0.1, -0.05) is 36.6 Å². The highest BCUT2D eigenvalue weighted by molar-refractivity contribution is 6.30. The Morgan fingerprint density at radius 1 is 1.00 bits per heavy atom. The van der Waals surface area contributed by atoms with Gasteiger partial charge in [-0.2, -0.15) is 0 Å². The summed E-state index contributed by atoms with van der Waals surface area (Å²) in [5.74, 6) is 0.695. The van der Waals surface area contributed by atoms with Gasteiger partial charge in [0.15, 0.2) is 0 Å². The minimum Gasteiger partial charge on any atom is -0.351 e. The van der Waals surface area contributed by atoms with Crippen molar-refractivity contribution in [2.75, 3.05) is 5.32 Å². The molecule has 4 aromatic rings. The van der Waals surface area contributed by atoms with Gasteiger partial charge in [-0.25, -0.2) is 15.0 Å². The fourth-order valence-corrected chi connectivity index (χ4v) is 3.97. The van der Waals surface area contributed by atoms with Crippen LogP contribution in [0.4, 0.5) is 5.95 Å². The predicted molar refractivity (Wildman–Crippen MR) is 113 cm³/mol. The SMILES string of the molecule is Clc1ccc(-c2cnc3[nH]cc(-c4ccnc(NC5CCCC5)n4)c3c2)cc1. The van der Waals surface area contributed by atoms with Crippen molar-refractivity contribution in [2.24, 2.45) is 0 Å². The summed E-state index contributed by atoms with van der Waals surface area (Å²) in [6, 6.07) is 12.4. The first-order valence-electron chi connectivity index (χ1n) is 9.59. The van der Waals surface area contributed by atoms with Gasteiger partial charge in [-0.3, -0.25) is 0 Å². The lowest BCUT2D eigenvalue weighted by Crippen LogP contribution is -2.16. The average molecular weight is 390 g/mol. The Morgan fingerprint density at radius 2 is 1.82 bits per heavy atom. The molecule has 2 N–H and O–H groups in total. The first kappa shape index (κ1) is 17.2. The van der Waals surface area contributed by atoms with E-state index < -0.39 is 0 Å². The zero-order valence-electron chi connectivity index (χ0n) is 15.3. The summed E-state index contributed by atoms with van der Waals surface area (Å²) in [6.45, 7) is 0. The van der Waals surface area contributed by atoms with Gasteiger partial charge in [-0.15, -0.1) is 0 Å². The van der Waals surface area contributed by atoms with Crippen molar-refractivity contribution >= 4 is 28.6 Å². The van der Waals surface area contributed by atoms with Crippen LogP contribution in [-0.2, 0) is 0 Å². The maximum absolute atomic E-state index is 6.02. The van der Waals surface area contributed by atoms with Crippen LogP contribution in [0.25, 0.3) is 33.4 Å². The Morgan fingerprint density at radius 3 is 2.64 bits per heavy atom. The maximum atomic E-state index is 6.02. The Balaban J connectivity index is 1.52. The fourth-order valence-electron chi connectivity index (χ4n) is 3.85. The lowest BCUT2D eigenvalue weighted by Gasteiger charge is -2.12. The summed E-state index contributed by atoms with van der Waals surface area (Å²) < 4.78 is 0. The number of hydrogen-bond acceptors (Lipinski definition) is 4. The quantitative estimate of drug-likeness (QED) is 0.470. The largest absolute Gasteiger partial charge is 0.351 e. The van der Waals surface area contributed by atoms with Crippen LogP contribution in [0.5, 0.6) is 0 Å². The molecule has 3 aromatic heterocycles. The second-order valence-corrected chi connectivity index (χ2v) is 7.66. The van der Waals surface area contributed by atoms with E-state index in [0.29, 0.717) is 12.0 Å². The molecule has 0 amide bonds. The van der Waals surface area contributed by atoms with Crippen molar-refractivity contribution in [3.63, 3.8) is 0 Å².